The lowest BCUT2D eigenvalue weighted by atomic mass is 10.2. The van der Waals surface area contributed by atoms with E-state index in [4.69, 9.17) is 11.6 Å². The third kappa shape index (κ3) is 3.44. The van der Waals surface area contributed by atoms with E-state index in [1.165, 1.54) is 23.2 Å². The molecule has 3 aromatic rings. The number of hydrogen-bond donors (Lipinski definition) is 1. The fraction of sp³-hybridized carbons (Fsp3) is 0.0476. The normalized spacial score (nSPS) is 15.0. The van der Waals surface area contributed by atoms with Crippen LogP contribution in [0.3, 0.4) is 0 Å². The number of rotatable bonds is 4. The number of aryl methyl sites for hydroxylation is 1. The summed E-state index contributed by atoms with van der Waals surface area (Å²) >= 11 is 5.89. The van der Waals surface area contributed by atoms with Crippen LogP contribution in [0.25, 0.3) is 11.8 Å². The van der Waals surface area contributed by atoms with E-state index in [-0.39, 0.29) is 16.3 Å². The second-order valence-corrected chi connectivity index (χ2v) is 7.08. The first-order valence-electron chi connectivity index (χ1n) is 8.90. The molecule has 30 heavy (non-hydrogen) atoms. The van der Waals surface area contributed by atoms with Gasteiger partial charge >= 0.3 is 0 Å². The summed E-state index contributed by atoms with van der Waals surface area (Å²) in [5.74, 6) is -1.02. The molecule has 0 bridgehead atoms. The molecule has 0 atom stereocenters. The van der Waals surface area contributed by atoms with Crippen LogP contribution in [0.2, 0.25) is 5.02 Å². The minimum Gasteiger partial charge on any atom is -0.317 e. The smallest absolute Gasteiger partial charge is 0.289 e. The molecule has 2 heterocycles. The second kappa shape index (κ2) is 7.49. The molecule has 150 valence electrons. The first-order chi connectivity index (χ1) is 14.3. The highest BCUT2D eigenvalue weighted by molar-refractivity contribution is 6.32. The van der Waals surface area contributed by atoms with Crippen LogP contribution in [0.4, 0.5) is 11.4 Å². The molecule has 0 spiro atoms. The van der Waals surface area contributed by atoms with Gasteiger partial charge in [-0.15, -0.1) is 0 Å². The SMILES string of the molecule is Cc1cccc(N2NC(=O)/C(=C/c3cccn3-c3ccc(Cl)c([N+](=O)[O-])c3)C2=O)c1. The number of nitro groups is 1. The Morgan fingerprint density at radius 1 is 1.07 bits per heavy atom. The summed E-state index contributed by atoms with van der Waals surface area (Å²) in [5.41, 5.74) is 4.78. The number of hydrazine groups is 1. The van der Waals surface area contributed by atoms with Crippen LogP contribution >= 0.6 is 11.6 Å². The van der Waals surface area contributed by atoms with Gasteiger partial charge in [-0.2, -0.15) is 0 Å². The van der Waals surface area contributed by atoms with Gasteiger partial charge in [-0.05, 0) is 55.0 Å². The maximum Gasteiger partial charge on any atom is 0.289 e. The molecule has 9 heteroatoms. The number of benzene rings is 2. The number of amides is 2. The highest BCUT2D eigenvalue weighted by Gasteiger charge is 2.34. The van der Waals surface area contributed by atoms with Crippen molar-refractivity contribution in [2.24, 2.45) is 0 Å². The van der Waals surface area contributed by atoms with Gasteiger partial charge in [0.15, 0.2) is 0 Å². The Balaban J connectivity index is 1.71. The fourth-order valence-electron chi connectivity index (χ4n) is 3.19. The Bertz CT molecular complexity index is 1230. The van der Waals surface area contributed by atoms with Gasteiger partial charge in [0.05, 0.1) is 16.3 Å². The molecule has 1 aliphatic rings. The molecule has 0 radical (unpaired) electrons. The van der Waals surface area contributed by atoms with Crippen molar-refractivity contribution in [2.75, 3.05) is 5.01 Å². The molecule has 0 unspecified atom stereocenters. The largest absolute Gasteiger partial charge is 0.317 e. The number of anilines is 1. The molecule has 2 amide bonds. The zero-order chi connectivity index (χ0) is 21.4. The van der Waals surface area contributed by atoms with E-state index in [0.717, 1.165) is 5.56 Å². The van der Waals surface area contributed by atoms with Crippen LogP contribution in [0.5, 0.6) is 0 Å². The van der Waals surface area contributed by atoms with Crippen LogP contribution in [-0.2, 0) is 9.59 Å². The molecule has 0 saturated carbocycles. The fourth-order valence-corrected chi connectivity index (χ4v) is 3.38. The summed E-state index contributed by atoms with van der Waals surface area (Å²) in [5, 5.41) is 12.4. The van der Waals surface area contributed by atoms with Crippen molar-refractivity contribution in [3.63, 3.8) is 0 Å². The van der Waals surface area contributed by atoms with Gasteiger partial charge in [0, 0.05) is 18.0 Å². The van der Waals surface area contributed by atoms with Crippen LogP contribution < -0.4 is 10.4 Å². The van der Waals surface area contributed by atoms with E-state index in [1.54, 1.807) is 47.2 Å². The molecule has 1 fully saturated rings. The molecule has 1 aliphatic heterocycles. The van der Waals surface area contributed by atoms with Crippen molar-refractivity contribution in [2.45, 2.75) is 6.92 Å². The number of hydrogen-bond acceptors (Lipinski definition) is 4. The number of halogens is 1. The number of nitrogens with one attached hydrogen (secondary N) is 1. The van der Waals surface area contributed by atoms with E-state index in [1.807, 2.05) is 13.0 Å². The lowest BCUT2D eigenvalue weighted by molar-refractivity contribution is -0.384. The molecule has 4 rings (SSSR count). The van der Waals surface area contributed by atoms with E-state index in [2.05, 4.69) is 5.43 Å². The van der Waals surface area contributed by atoms with Crippen molar-refractivity contribution in [3.8, 4) is 5.69 Å². The van der Waals surface area contributed by atoms with Gasteiger partial charge in [0.25, 0.3) is 17.5 Å². The van der Waals surface area contributed by atoms with Gasteiger partial charge in [-0.25, -0.2) is 5.01 Å². The van der Waals surface area contributed by atoms with Gasteiger partial charge in [0.2, 0.25) is 0 Å². The summed E-state index contributed by atoms with van der Waals surface area (Å²) in [4.78, 5) is 35.9. The molecule has 2 aromatic carbocycles. The van der Waals surface area contributed by atoms with Crippen molar-refractivity contribution >= 4 is 40.9 Å². The average molecular weight is 423 g/mol. The Morgan fingerprint density at radius 3 is 2.60 bits per heavy atom. The first-order valence-corrected chi connectivity index (χ1v) is 9.28. The maximum absolute atomic E-state index is 12.8. The summed E-state index contributed by atoms with van der Waals surface area (Å²) in [6.07, 6.45) is 3.13. The van der Waals surface area contributed by atoms with Crippen LogP contribution in [0.15, 0.2) is 66.4 Å². The average Bonchev–Trinajstić information content (AvgIpc) is 3.28. The minimum absolute atomic E-state index is 0.0231. The Kier molecular flexibility index (Phi) is 4.85. The standard InChI is InChI=1S/C21H15ClN4O4/c1-13-4-2-5-16(10-13)25-21(28)17(20(27)23-25)11-14-6-3-9-24(14)15-7-8-18(22)19(12-15)26(29)30/h2-12H,1H3,(H,23,27)/b17-11-. The van der Waals surface area contributed by atoms with Crippen molar-refractivity contribution in [3.05, 3.63) is 92.8 Å². The zero-order valence-corrected chi connectivity index (χ0v) is 16.5. The summed E-state index contributed by atoms with van der Waals surface area (Å²) in [6.45, 7) is 1.89. The predicted octanol–water partition coefficient (Wildman–Crippen LogP) is 3.81. The number of carbonyl (C=O) groups is 2. The summed E-state index contributed by atoms with van der Waals surface area (Å²) < 4.78 is 1.63. The lowest BCUT2D eigenvalue weighted by Gasteiger charge is -2.14. The molecule has 0 aliphatic carbocycles. The quantitative estimate of drug-likeness (QED) is 0.299. The molecule has 1 aromatic heterocycles. The minimum atomic E-state index is -0.568. The maximum atomic E-state index is 12.8. The summed E-state index contributed by atoms with van der Waals surface area (Å²) in [6, 6.07) is 15.0. The Hall–Kier alpha value is -3.91. The Labute approximate surface area is 176 Å². The van der Waals surface area contributed by atoms with Crippen LogP contribution in [0.1, 0.15) is 11.3 Å². The second-order valence-electron chi connectivity index (χ2n) is 6.67. The summed E-state index contributed by atoms with van der Waals surface area (Å²) in [7, 11) is 0. The van der Waals surface area contributed by atoms with Crippen molar-refractivity contribution in [1.29, 1.82) is 0 Å². The first kappa shape index (κ1) is 19.4. The Morgan fingerprint density at radius 2 is 1.87 bits per heavy atom. The number of aromatic nitrogens is 1. The van der Waals surface area contributed by atoms with Crippen molar-refractivity contribution in [1.82, 2.24) is 9.99 Å². The van der Waals surface area contributed by atoms with Gasteiger partial charge < -0.3 is 4.57 Å². The zero-order valence-electron chi connectivity index (χ0n) is 15.7. The number of nitro benzene ring substituents is 1. The van der Waals surface area contributed by atoms with E-state index < -0.39 is 16.7 Å². The molecular weight excluding hydrogens is 408 g/mol. The van der Waals surface area contributed by atoms with Crippen LogP contribution in [0, 0.1) is 17.0 Å². The van der Waals surface area contributed by atoms with Gasteiger partial charge in [0.1, 0.15) is 10.6 Å². The van der Waals surface area contributed by atoms with E-state index in [9.17, 15) is 19.7 Å². The van der Waals surface area contributed by atoms with Gasteiger partial charge in [-0.3, -0.25) is 25.1 Å². The van der Waals surface area contributed by atoms with Gasteiger partial charge in [-0.1, -0.05) is 23.7 Å². The molecule has 1 N–H and O–H groups in total. The van der Waals surface area contributed by atoms with E-state index >= 15 is 0 Å². The third-order valence-corrected chi connectivity index (χ3v) is 4.95. The molecule has 8 nitrogen and oxygen atoms in total. The highest BCUT2D eigenvalue weighted by atomic mass is 35.5. The monoisotopic (exact) mass is 422 g/mol. The number of carbonyl (C=O) groups excluding carboxylic acids is 2. The van der Waals surface area contributed by atoms with Crippen molar-refractivity contribution < 1.29 is 14.5 Å². The molecular formula is C21H15ClN4O4. The topological polar surface area (TPSA) is 97.5 Å². The van der Waals surface area contributed by atoms with Crippen LogP contribution in [-0.4, -0.2) is 21.3 Å². The molecule has 1 saturated heterocycles. The van der Waals surface area contributed by atoms with E-state index in [0.29, 0.717) is 17.1 Å². The highest BCUT2D eigenvalue weighted by Crippen LogP contribution is 2.28. The third-order valence-electron chi connectivity index (χ3n) is 4.63. The lowest BCUT2D eigenvalue weighted by Crippen LogP contribution is -2.35. The predicted molar refractivity (Wildman–Crippen MR) is 112 cm³/mol. The number of nitrogens with zero attached hydrogens (tertiary/aromatic N) is 3.